The van der Waals surface area contributed by atoms with Crippen LogP contribution in [0, 0.1) is 0 Å². The monoisotopic (exact) mass is 294 g/mol. The summed E-state index contributed by atoms with van der Waals surface area (Å²) in [5.41, 5.74) is 1.00. The molecule has 2 heterocycles. The summed E-state index contributed by atoms with van der Waals surface area (Å²) in [6.45, 7) is 3.01. The third kappa shape index (κ3) is 4.04. The molecule has 21 heavy (non-hydrogen) atoms. The van der Waals surface area contributed by atoms with Crippen molar-refractivity contribution in [1.29, 1.82) is 0 Å². The zero-order chi connectivity index (χ0) is 15.4. The second-order valence-corrected chi connectivity index (χ2v) is 5.40. The molecule has 0 aromatic carbocycles. The SMILES string of the molecule is CC(=O)N1CCN(C(=O)CCc2ccnn2C)C[C@@H](O)C1. The highest BCUT2D eigenvalue weighted by Crippen LogP contribution is 2.08. The van der Waals surface area contributed by atoms with Crippen molar-refractivity contribution in [3.8, 4) is 0 Å². The Labute approximate surface area is 124 Å². The molecule has 7 heteroatoms. The highest BCUT2D eigenvalue weighted by Gasteiger charge is 2.25. The number of hydrogen-bond acceptors (Lipinski definition) is 4. The molecule has 1 aliphatic rings. The van der Waals surface area contributed by atoms with Crippen LogP contribution in [-0.2, 0) is 23.1 Å². The van der Waals surface area contributed by atoms with E-state index in [9.17, 15) is 14.7 Å². The van der Waals surface area contributed by atoms with Crippen molar-refractivity contribution in [2.75, 3.05) is 26.2 Å². The van der Waals surface area contributed by atoms with Gasteiger partial charge in [-0.2, -0.15) is 5.10 Å². The number of carbonyl (C=O) groups excluding carboxylic acids is 2. The summed E-state index contributed by atoms with van der Waals surface area (Å²) in [7, 11) is 1.85. The third-order valence-electron chi connectivity index (χ3n) is 3.82. The number of nitrogens with zero attached hydrogens (tertiary/aromatic N) is 4. The largest absolute Gasteiger partial charge is 0.389 e. The van der Waals surface area contributed by atoms with Gasteiger partial charge in [-0.15, -0.1) is 0 Å². The third-order valence-corrected chi connectivity index (χ3v) is 3.82. The number of aliphatic hydroxyl groups is 1. The van der Waals surface area contributed by atoms with Crippen molar-refractivity contribution in [3.05, 3.63) is 18.0 Å². The van der Waals surface area contributed by atoms with Gasteiger partial charge in [0.1, 0.15) is 0 Å². The number of aromatic nitrogens is 2. The fourth-order valence-corrected chi connectivity index (χ4v) is 2.54. The summed E-state index contributed by atoms with van der Waals surface area (Å²) in [4.78, 5) is 26.9. The van der Waals surface area contributed by atoms with Crippen LogP contribution in [0.25, 0.3) is 0 Å². The fourth-order valence-electron chi connectivity index (χ4n) is 2.54. The van der Waals surface area contributed by atoms with Crippen LogP contribution in [-0.4, -0.2) is 68.8 Å². The molecule has 7 nitrogen and oxygen atoms in total. The number of carbonyl (C=O) groups is 2. The molecule has 116 valence electrons. The Morgan fingerprint density at radius 1 is 1.33 bits per heavy atom. The average Bonchev–Trinajstić information content (AvgIpc) is 2.72. The minimum Gasteiger partial charge on any atom is -0.389 e. The summed E-state index contributed by atoms with van der Waals surface area (Å²) in [6, 6.07) is 1.89. The van der Waals surface area contributed by atoms with Crippen LogP contribution in [0.1, 0.15) is 19.0 Å². The summed E-state index contributed by atoms with van der Waals surface area (Å²) in [6.07, 6.45) is 2.03. The van der Waals surface area contributed by atoms with Crippen molar-refractivity contribution < 1.29 is 14.7 Å². The second kappa shape index (κ2) is 6.71. The number of amides is 2. The fraction of sp³-hybridized carbons (Fsp3) is 0.643. The molecule has 0 spiro atoms. The van der Waals surface area contributed by atoms with E-state index in [-0.39, 0.29) is 18.4 Å². The van der Waals surface area contributed by atoms with Crippen LogP contribution in [0.2, 0.25) is 0 Å². The van der Waals surface area contributed by atoms with Gasteiger partial charge in [0.05, 0.1) is 6.10 Å². The van der Waals surface area contributed by atoms with E-state index >= 15 is 0 Å². The van der Waals surface area contributed by atoms with E-state index in [0.29, 0.717) is 32.5 Å². The average molecular weight is 294 g/mol. The molecular weight excluding hydrogens is 272 g/mol. The maximum absolute atomic E-state index is 12.3. The molecule has 0 bridgehead atoms. The molecule has 1 saturated heterocycles. The normalized spacial score (nSPS) is 19.5. The molecule has 0 saturated carbocycles. The molecule has 1 aromatic heterocycles. The summed E-state index contributed by atoms with van der Waals surface area (Å²) in [5, 5.41) is 14.0. The highest BCUT2D eigenvalue weighted by atomic mass is 16.3. The molecule has 1 fully saturated rings. The molecule has 2 rings (SSSR count). The van der Waals surface area contributed by atoms with Gasteiger partial charge in [0.15, 0.2) is 0 Å². The van der Waals surface area contributed by atoms with Crippen LogP contribution < -0.4 is 0 Å². The first-order valence-corrected chi connectivity index (χ1v) is 7.15. The van der Waals surface area contributed by atoms with Crippen LogP contribution >= 0.6 is 0 Å². The molecule has 0 unspecified atom stereocenters. The van der Waals surface area contributed by atoms with E-state index in [1.807, 2.05) is 13.1 Å². The zero-order valence-electron chi connectivity index (χ0n) is 12.5. The number of rotatable bonds is 3. The van der Waals surface area contributed by atoms with Gasteiger partial charge in [0.2, 0.25) is 11.8 Å². The predicted molar refractivity (Wildman–Crippen MR) is 76.4 cm³/mol. The quantitative estimate of drug-likeness (QED) is 0.808. The van der Waals surface area contributed by atoms with Gasteiger partial charge in [-0.05, 0) is 12.5 Å². The van der Waals surface area contributed by atoms with Gasteiger partial charge in [-0.1, -0.05) is 0 Å². The first kappa shape index (κ1) is 15.5. The molecule has 1 N–H and O–H groups in total. The van der Waals surface area contributed by atoms with E-state index in [0.717, 1.165) is 5.69 Å². The lowest BCUT2D eigenvalue weighted by atomic mass is 10.2. The lowest BCUT2D eigenvalue weighted by molar-refractivity contribution is -0.132. The van der Waals surface area contributed by atoms with E-state index in [1.54, 1.807) is 20.7 Å². The second-order valence-electron chi connectivity index (χ2n) is 5.40. The lowest BCUT2D eigenvalue weighted by Crippen LogP contribution is -2.37. The molecule has 0 aliphatic carbocycles. The smallest absolute Gasteiger partial charge is 0.223 e. The molecule has 1 atom stereocenters. The number of aliphatic hydroxyl groups excluding tert-OH is 1. The summed E-state index contributed by atoms with van der Waals surface area (Å²) < 4.78 is 1.75. The van der Waals surface area contributed by atoms with E-state index in [2.05, 4.69) is 5.10 Å². The van der Waals surface area contributed by atoms with Gasteiger partial charge in [0, 0.05) is 58.5 Å². The Morgan fingerprint density at radius 3 is 2.62 bits per heavy atom. The topological polar surface area (TPSA) is 78.7 Å². The van der Waals surface area contributed by atoms with Crippen LogP contribution in [0.4, 0.5) is 0 Å². The molecule has 1 aromatic rings. The highest BCUT2D eigenvalue weighted by molar-refractivity contribution is 5.77. The van der Waals surface area contributed by atoms with Crippen molar-refractivity contribution in [2.24, 2.45) is 7.05 Å². The lowest BCUT2D eigenvalue weighted by Gasteiger charge is -2.21. The van der Waals surface area contributed by atoms with Gasteiger partial charge in [-0.3, -0.25) is 14.3 Å². The first-order chi connectivity index (χ1) is 9.97. The molecule has 1 aliphatic heterocycles. The number of β-amino-alcohol motifs (C(OH)–C–C–N with tert-alkyl or cyclic N) is 1. The Bertz CT molecular complexity index is 514. The zero-order valence-corrected chi connectivity index (χ0v) is 12.5. The van der Waals surface area contributed by atoms with E-state index in [1.165, 1.54) is 6.92 Å². The standard InChI is InChI=1S/C14H22N4O3/c1-11(19)17-7-8-18(10-13(20)9-17)14(21)4-3-12-5-6-15-16(12)2/h5-6,13,20H,3-4,7-10H2,1-2H3/t13-/m0/s1. The van der Waals surface area contributed by atoms with Crippen LogP contribution in [0.15, 0.2) is 12.3 Å². The van der Waals surface area contributed by atoms with E-state index < -0.39 is 6.10 Å². The predicted octanol–water partition coefficient (Wildman–Crippen LogP) is -0.596. The minimum atomic E-state index is -0.683. The summed E-state index contributed by atoms with van der Waals surface area (Å²) in [5.74, 6) is -0.0705. The summed E-state index contributed by atoms with van der Waals surface area (Å²) >= 11 is 0. The van der Waals surface area contributed by atoms with Crippen molar-refractivity contribution in [1.82, 2.24) is 19.6 Å². The Morgan fingerprint density at radius 2 is 2.00 bits per heavy atom. The van der Waals surface area contributed by atoms with Gasteiger partial charge >= 0.3 is 0 Å². The number of hydrogen-bond donors (Lipinski definition) is 1. The molecular formula is C14H22N4O3. The van der Waals surface area contributed by atoms with E-state index in [4.69, 9.17) is 0 Å². The van der Waals surface area contributed by atoms with Crippen LogP contribution in [0.3, 0.4) is 0 Å². The Hall–Kier alpha value is -1.89. The maximum atomic E-state index is 12.3. The molecule has 0 radical (unpaired) electrons. The van der Waals surface area contributed by atoms with Gasteiger partial charge in [-0.25, -0.2) is 0 Å². The minimum absolute atomic E-state index is 0.000604. The molecule has 2 amide bonds. The van der Waals surface area contributed by atoms with Gasteiger partial charge in [0.25, 0.3) is 0 Å². The Balaban J connectivity index is 1.90. The first-order valence-electron chi connectivity index (χ1n) is 7.15. The van der Waals surface area contributed by atoms with Crippen LogP contribution in [0.5, 0.6) is 0 Å². The van der Waals surface area contributed by atoms with Crippen molar-refractivity contribution >= 4 is 11.8 Å². The maximum Gasteiger partial charge on any atom is 0.223 e. The van der Waals surface area contributed by atoms with Crippen molar-refractivity contribution in [2.45, 2.75) is 25.9 Å². The van der Waals surface area contributed by atoms with Crippen molar-refractivity contribution in [3.63, 3.8) is 0 Å². The Kier molecular flexibility index (Phi) is 4.95. The number of aryl methyl sites for hydroxylation is 2. The van der Waals surface area contributed by atoms with Gasteiger partial charge < -0.3 is 14.9 Å².